The summed E-state index contributed by atoms with van der Waals surface area (Å²) >= 11 is 0. The van der Waals surface area contributed by atoms with Gasteiger partial charge in [-0.1, -0.05) is 0 Å². The molecule has 3 nitrogen and oxygen atoms in total. The van der Waals surface area contributed by atoms with Crippen LogP contribution in [0.4, 0.5) is 0 Å². The average molecular weight is 211 g/mol. The number of nitrogens with zero attached hydrogens (tertiary/aromatic N) is 1. The Kier molecular flexibility index (Phi) is 3.42. The van der Waals surface area contributed by atoms with Crippen molar-refractivity contribution in [3.63, 3.8) is 0 Å². The van der Waals surface area contributed by atoms with Crippen LogP contribution in [0.3, 0.4) is 0 Å². The summed E-state index contributed by atoms with van der Waals surface area (Å²) in [6, 6.07) is 1.30. The summed E-state index contributed by atoms with van der Waals surface area (Å²) in [5, 5.41) is 0. The van der Waals surface area contributed by atoms with Crippen molar-refractivity contribution in [1.29, 1.82) is 0 Å². The second-order valence-corrected chi connectivity index (χ2v) is 4.82. The smallest absolute Gasteiger partial charge is 0.161 e. The van der Waals surface area contributed by atoms with Crippen LogP contribution in [0.25, 0.3) is 0 Å². The Bertz CT molecular complexity index is 228. The fraction of sp³-hybridized carbons (Fsp3) is 0.917. The van der Waals surface area contributed by atoms with Gasteiger partial charge < -0.3 is 9.64 Å². The minimum absolute atomic E-state index is 0.269. The van der Waals surface area contributed by atoms with Crippen LogP contribution in [0.2, 0.25) is 0 Å². The molecule has 0 aromatic rings. The predicted octanol–water partition coefficient (Wildman–Crippen LogP) is 1.46. The molecular weight excluding hydrogens is 190 g/mol. The van der Waals surface area contributed by atoms with Crippen LogP contribution in [0.5, 0.6) is 0 Å². The normalized spacial score (nSPS) is 35.7. The van der Waals surface area contributed by atoms with Crippen molar-refractivity contribution in [3.05, 3.63) is 0 Å². The Balaban J connectivity index is 1.88. The van der Waals surface area contributed by atoms with E-state index in [1.807, 2.05) is 6.92 Å². The van der Waals surface area contributed by atoms with Gasteiger partial charge in [0.05, 0.1) is 0 Å². The number of hydrogen-bond acceptors (Lipinski definition) is 3. The van der Waals surface area contributed by atoms with Gasteiger partial charge in [-0.3, -0.25) is 4.79 Å². The van der Waals surface area contributed by atoms with Crippen molar-refractivity contribution >= 4 is 5.78 Å². The van der Waals surface area contributed by atoms with E-state index in [9.17, 15) is 4.79 Å². The molecule has 2 heterocycles. The summed E-state index contributed by atoms with van der Waals surface area (Å²) in [7, 11) is 2.20. The number of ketones is 1. The number of carbonyl (C=O) groups is 1. The average Bonchev–Trinajstić information content (AvgIpc) is 2.49. The zero-order chi connectivity index (χ0) is 10.8. The van der Waals surface area contributed by atoms with E-state index in [-0.39, 0.29) is 5.92 Å². The third kappa shape index (κ3) is 2.23. The van der Waals surface area contributed by atoms with Gasteiger partial charge in [-0.15, -0.1) is 0 Å². The van der Waals surface area contributed by atoms with Crippen molar-refractivity contribution in [1.82, 2.24) is 4.90 Å². The maximum Gasteiger partial charge on any atom is 0.161 e. The minimum atomic E-state index is 0.269. The molecule has 2 saturated heterocycles. The molecular formula is C12H21NO2. The lowest BCUT2D eigenvalue weighted by Gasteiger charge is -2.35. The summed E-state index contributed by atoms with van der Waals surface area (Å²) < 4.78 is 5.20. The van der Waals surface area contributed by atoms with Gasteiger partial charge in [0.15, 0.2) is 5.78 Å². The zero-order valence-electron chi connectivity index (χ0n) is 9.74. The summed E-state index contributed by atoms with van der Waals surface area (Å²) in [4.78, 5) is 14.3. The molecule has 0 amide bonds. The maximum atomic E-state index is 11.8. The number of piperidine rings is 1. The van der Waals surface area contributed by atoms with Gasteiger partial charge in [0.1, 0.15) is 6.61 Å². The Morgan fingerprint density at radius 2 is 1.93 bits per heavy atom. The van der Waals surface area contributed by atoms with Crippen molar-refractivity contribution in [2.75, 3.05) is 20.3 Å². The van der Waals surface area contributed by atoms with Gasteiger partial charge >= 0.3 is 0 Å². The Morgan fingerprint density at radius 3 is 2.47 bits per heavy atom. The summed E-state index contributed by atoms with van der Waals surface area (Å²) in [5.74, 6) is 0.590. The van der Waals surface area contributed by atoms with Crippen LogP contribution in [0, 0.1) is 5.92 Å². The Labute approximate surface area is 91.8 Å². The fourth-order valence-electron chi connectivity index (χ4n) is 2.99. The molecule has 2 unspecified atom stereocenters. The molecule has 0 N–H and O–H groups in total. The van der Waals surface area contributed by atoms with Crippen molar-refractivity contribution in [3.8, 4) is 0 Å². The molecule has 0 spiro atoms. The van der Waals surface area contributed by atoms with Crippen molar-refractivity contribution in [2.45, 2.75) is 44.7 Å². The molecule has 2 fully saturated rings. The Morgan fingerprint density at radius 1 is 1.33 bits per heavy atom. The Hall–Kier alpha value is -0.410. The molecule has 2 rings (SSSR count). The van der Waals surface area contributed by atoms with Gasteiger partial charge in [0, 0.05) is 24.6 Å². The highest BCUT2D eigenvalue weighted by Crippen LogP contribution is 2.37. The molecule has 0 aromatic carbocycles. The summed E-state index contributed by atoms with van der Waals surface area (Å²) in [5.41, 5.74) is 0. The highest BCUT2D eigenvalue weighted by Gasteiger charge is 2.40. The fourth-order valence-corrected chi connectivity index (χ4v) is 2.99. The third-order valence-corrected chi connectivity index (χ3v) is 4.00. The van der Waals surface area contributed by atoms with E-state index >= 15 is 0 Å². The minimum Gasteiger partial charge on any atom is -0.374 e. The van der Waals surface area contributed by atoms with Gasteiger partial charge in [-0.05, 0) is 39.7 Å². The molecule has 15 heavy (non-hydrogen) atoms. The molecule has 0 radical (unpaired) electrons. The van der Waals surface area contributed by atoms with E-state index in [4.69, 9.17) is 4.74 Å². The van der Waals surface area contributed by atoms with Crippen LogP contribution < -0.4 is 0 Å². The maximum absolute atomic E-state index is 11.8. The van der Waals surface area contributed by atoms with E-state index in [2.05, 4.69) is 11.9 Å². The molecule has 3 heteroatoms. The summed E-state index contributed by atoms with van der Waals surface area (Å²) in [6.45, 7) is 2.90. The van der Waals surface area contributed by atoms with E-state index < -0.39 is 0 Å². The topological polar surface area (TPSA) is 29.5 Å². The molecule has 0 aliphatic carbocycles. The van der Waals surface area contributed by atoms with Crippen molar-refractivity contribution in [2.24, 2.45) is 5.92 Å². The third-order valence-electron chi connectivity index (χ3n) is 4.00. The lowest BCUT2D eigenvalue weighted by Crippen LogP contribution is -2.42. The molecule has 2 aliphatic rings. The van der Waals surface area contributed by atoms with Gasteiger partial charge in [0.25, 0.3) is 0 Å². The first-order valence-electron chi connectivity index (χ1n) is 6.04. The van der Waals surface area contributed by atoms with Crippen LogP contribution in [0.1, 0.15) is 32.6 Å². The quantitative estimate of drug-likeness (QED) is 0.705. The number of hydrogen-bond donors (Lipinski definition) is 0. The number of carbonyl (C=O) groups excluding carboxylic acids is 1. The first-order chi connectivity index (χ1) is 7.22. The number of fused-ring (bicyclic) bond motifs is 2. The van der Waals surface area contributed by atoms with E-state index in [0.717, 1.165) is 12.8 Å². The van der Waals surface area contributed by atoms with E-state index in [1.54, 1.807) is 0 Å². The molecule has 2 bridgehead atoms. The first kappa shape index (κ1) is 11.1. The zero-order valence-corrected chi connectivity index (χ0v) is 9.74. The standard InChI is InChI=1S/C12H21NO2/c1-3-15-8-12(14)9-6-10-4-5-11(7-9)13(10)2/h9-11H,3-8H2,1-2H3. The molecule has 0 saturated carbocycles. The summed E-state index contributed by atoms with van der Waals surface area (Å²) in [6.07, 6.45) is 4.66. The van der Waals surface area contributed by atoms with Gasteiger partial charge in [-0.25, -0.2) is 0 Å². The first-order valence-corrected chi connectivity index (χ1v) is 6.04. The monoisotopic (exact) mass is 211 g/mol. The lowest BCUT2D eigenvalue weighted by atomic mass is 9.88. The van der Waals surface area contributed by atoms with E-state index in [1.165, 1.54) is 12.8 Å². The van der Waals surface area contributed by atoms with Gasteiger partial charge in [0.2, 0.25) is 0 Å². The number of ether oxygens (including phenoxy) is 1. The van der Waals surface area contributed by atoms with Gasteiger partial charge in [-0.2, -0.15) is 0 Å². The number of rotatable bonds is 4. The molecule has 0 aromatic heterocycles. The second kappa shape index (κ2) is 4.62. The second-order valence-electron chi connectivity index (χ2n) is 4.82. The highest BCUT2D eigenvalue weighted by atomic mass is 16.5. The highest BCUT2D eigenvalue weighted by molar-refractivity contribution is 5.82. The van der Waals surface area contributed by atoms with Crippen LogP contribution >= 0.6 is 0 Å². The van der Waals surface area contributed by atoms with E-state index in [0.29, 0.717) is 31.1 Å². The van der Waals surface area contributed by atoms with Crippen LogP contribution in [-0.4, -0.2) is 43.0 Å². The largest absolute Gasteiger partial charge is 0.374 e. The van der Waals surface area contributed by atoms with Crippen LogP contribution in [-0.2, 0) is 9.53 Å². The molecule has 2 atom stereocenters. The predicted molar refractivity (Wildman–Crippen MR) is 58.8 cm³/mol. The molecule has 2 aliphatic heterocycles. The lowest BCUT2D eigenvalue weighted by molar-refractivity contribution is -0.129. The molecule has 86 valence electrons. The number of Topliss-reactive ketones (excluding diaryl/α,β-unsaturated/α-hetero) is 1. The SMILES string of the molecule is CCOCC(=O)C1CC2CCC(C1)N2C. The van der Waals surface area contributed by atoms with Crippen molar-refractivity contribution < 1.29 is 9.53 Å². The van der Waals surface area contributed by atoms with Crippen LogP contribution in [0.15, 0.2) is 0 Å².